The minimum Gasteiger partial charge on any atom is -0.444 e. The Morgan fingerprint density at radius 1 is 0.978 bits per heavy atom. The largest absolute Gasteiger partial charge is 0.444 e. The molecule has 2 aromatic carbocycles. The van der Waals surface area contributed by atoms with Crippen LogP contribution in [0.2, 0.25) is 0 Å². The molecule has 236 valence electrons. The van der Waals surface area contributed by atoms with Crippen LogP contribution < -0.4 is 4.90 Å². The summed E-state index contributed by atoms with van der Waals surface area (Å²) in [4.78, 5) is 30.7. The van der Waals surface area contributed by atoms with Crippen LogP contribution in [0, 0.1) is 5.92 Å². The number of carbonyl (C=O) groups excluding carboxylic acids is 1. The molecule has 3 aromatic rings. The summed E-state index contributed by atoms with van der Waals surface area (Å²) in [6.45, 7) is 11.2. The van der Waals surface area contributed by atoms with Crippen LogP contribution in [0.4, 0.5) is 10.5 Å². The Bertz CT molecular complexity index is 1660. The SMILES string of the molecule is C[C@H]1CC[C@@H](c2ncc(-c3ccc(-c4ccc(C5=CN=C([C@@H]6CC[C@@H](C)N6C(=O)OC(C)(C)C)C5)c5c4CCN5C)cc3)[nH]2)C1. The fourth-order valence-corrected chi connectivity index (χ4v) is 7.97. The van der Waals surface area contributed by atoms with E-state index in [0.717, 1.165) is 55.4 Å². The number of benzene rings is 2. The van der Waals surface area contributed by atoms with Gasteiger partial charge >= 0.3 is 6.09 Å². The number of aromatic nitrogens is 2. The summed E-state index contributed by atoms with van der Waals surface area (Å²) >= 11 is 0. The minimum atomic E-state index is -0.519. The normalized spacial score (nSPS) is 24.7. The second-order valence-corrected chi connectivity index (χ2v) is 14.8. The molecule has 1 N–H and O–H groups in total. The highest BCUT2D eigenvalue weighted by Crippen LogP contribution is 2.44. The third-order valence-corrected chi connectivity index (χ3v) is 10.3. The molecule has 0 radical (unpaired) electrons. The van der Waals surface area contributed by atoms with Gasteiger partial charge in [-0.15, -0.1) is 0 Å². The van der Waals surface area contributed by atoms with Crippen LogP contribution in [0.5, 0.6) is 0 Å². The standard InChI is InChI=1S/C38H47N5O2/c1-23-7-9-27(19-23)36-40-22-33(41-36)26-12-10-25(11-13-26)29-14-15-30(35-31(29)17-18-42(35)6)28-20-32(39-21-28)34-16-8-24(2)43(34)37(44)45-38(3,4)5/h10-15,21-24,27,34H,7-9,16-20H2,1-6H3,(H,40,41)/t23-,24+,27+,34-/m0/s1. The zero-order valence-electron chi connectivity index (χ0n) is 27.7. The maximum absolute atomic E-state index is 13.1. The number of H-pyrrole nitrogens is 1. The maximum Gasteiger partial charge on any atom is 0.411 e. The molecule has 45 heavy (non-hydrogen) atoms. The highest BCUT2D eigenvalue weighted by atomic mass is 16.6. The van der Waals surface area contributed by atoms with E-state index in [4.69, 9.17) is 14.7 Å². The molecule has 1 aromatic heterocycles. The Kier molecular flexibility index (Phi) is 7.61. The van der Waals surface area contributed by atoms with Gasteiger partial charge in [-0.25, -0.2) is 9.78 Å². The van der Waals surface area contributed by atoms with E-state index in [1.807, 2.05) is 38.1 Å². The predicted molar refractivity (Wildman–Crippen MR) is 183 cm³/mol. The van der Waals surface area contributed by atoms with Gasteiger partial charge in [0.25, 0.3) is 0 Å². The number of anilines is 1. The second kappa shape index (κ2) is 11.5. The first kappa shape index (κ1) is 29.8. The topological polar surface area (TPSA) is 73.8 Å². The van der Waals surface area contributed by atoms with Crippen molar-refractivity contribution < 1.29 is 9.53 Å². The Hall–Kier alpha value is -3.87. The molecule has 7 heteroatoms. The lowest BCUT2D eigenvalue weighted by atomic mass is 9.90. The van der Waals surface area contributed by atoms with E-state index >= 15 is 0 Å². The number of allylic oxidation sites excluding steroid dienone is 1. The van der Waals surface area contributed by atoms with Crippen molar-refractivity contribution >= 4 is 23.1 Å². The van der Waals surface area contributed by atoms with Crippen molar-refractivity contribution in [2.75, 3.05) is 18.5 Å². The first-order valence-electron chi connectivity index (χ1n) is 16.9. The van der Waals surface area contributed by atoms with Crippen molar-refractivity contribution in [2.45, 2.75) is 103 Å². The first-order chi connectivity index (χ1) is 21.6. The number of nitrogens with one attached hydrogen (secondary N) is 1. The average molecular weight is 606 g/mol. The number of carbonyl (C=O) groups is 1. The Balaban J connectivity index is 1.10. The van der Waals surface area contributed by atoms with Gasteiger partial charge in [-0.1, -0.05) is 43.3 Å². The van der Waals surface area contributed by atoms with Crippen molar-refractivity contribution in [3.63, 3.8) is 0 Å². The number of ether oxygens (including phenoxy) is 1. The lowest BCUT2D eigenvalue weighted by molar-refractivity contribution is 0.0205. The van der Waals surface area contributed by atoms with E-state index in [-0.39, 0.29) is 18.2 Å². The minimum absolute atomic E-state index is 0.0140. The number of rotatable bonds is 5. The van der Waals surface area contributed by atoms with Gasteiger partial charge in [0, 0.05) is 55.1 Å². The number of amides is 1. The number of likely N-dealkylation sites (tertiary alicyclic amines) is 1. The van der Waals surface area contributed by atoms with Crippen LogP contribution in [-0.4, -0.2) is 57.9 Å². The smallest absolute Gasteiger partial charge is 0.411 e. The van der Waals surface area contributed by atoms with Crippen LogP contribution in [-0.2, 0) is 11.2 Å². The summed E-state index contributed by atoms with van der Waals surface area (Å²) in [6.07, 6.45) is 11.2. The Labute approximate surface area is 267 Å². The summed E-state index contributed by atoms with van der Waals surface area (Å²) in [5.41, 5.74) is 10.6. The number of hydrogen-bond acceptors (Lipinski definition) is 5. The summed E-state index contributed by atoms with van der Waals surface area (Å²) < 4.78 is 5.78. The molecule has 7 rings (SSSR count). The number of nitrogens with zero attached hydrogens (tertiary/aromatic N) is 4. The number of fused-ring (bicyclic) bond motifs is 1. The predicted octanol–water partition coefficient (Wildman–Crippen LogP) is 8.61. The number of imidazole rings is 1. The van der Waals surface area contributed by atoms with E-state index in [1.54, 1.807) is 0 Å². The molecule has 1 amide bonds. The highest BCUT2D eigenvalue weighted by molar-refractivity contribution is 6.04. The van der Waals surface area contributed by atoms with Crippen molar-refractivity contribution in [3.05, 3.63) is 65.7 Å². The number of aliphatic imine (C=N–C) groups is 1. The molecule has 1 aliphatic carbocycles. The van der Waals surface area contributed by atoms with Crippen molar-refractivity contribution in [1.29, 1.82) is 0 Å². The molecule has 2 fully saturated rings. The fourth-order valence-electron chi connectivity index (χ4n) is 7.97. The third kappa shape index (κ3) is 5.70. The molecule has 1 saturated heterocycles. The molecule has 1 saturated carbocycles. The zero-order valence-corrected chi connectivity index (χ0v) is 27.7. The fraction of sp³-hybridized carbons (Fsp3) is 0.500. The third-order valence-electron chi connectivity index (χ3n) is 10.3. The number of aromatic amines is 1. The summed E-state index contributed by atoms with van der Waals surface area (Å²) in [6, 6.07) is 13.7. The van der Waals surface area contributed by atoms with E-state index in [2.05, 4.69) is 67.2 Å². The molecule has 0 spiro atoms. The molecule has 4 aliphatic rings. The Morgan fingerprint density at radius 3 is 2.47 bits per heavy atom. The average Bonchev–Trinajstić information content (AvgIpc) is 3.83. The summed E-state index contributed by atoms with van der Waals surface area (Å²) in [7, 11) is 2.20. The van der Waals surface area contributed by atoms with Gasteiger partial charge in [0.1, 0.15) is 11.4 Å². The van der Waals surface area contributed by atoms with Gasteiger partial charge < -0.3 is 14.6 Å². The monoisotopic (exact) mass is 605 g/mol. The van der Waals surface area contributed by atoms with Crippen LogP contribution >= 0.6 is 0 Å². The lowest BCUT2D eigenvalue weighted by Gasteiger charge is -2.31. The van der Waals surface area contributed by atoms with Crippen LogP contribution in [0.1, 0.15) is 96.0 Å². The molecule has 3 aliphatic heterocycles. The molecule has 0 bridgehead atoms. The van der Waals surface area contributed by atoms with E-state index in [9.17, 15) is 4.79 Å². The molecule has 7 nitrogen and oxygen atoms in total. The number of likely N-dealkylation sites (N-methyl/N-ethyl adjacent to an activating group) is 1. The van der Waals surface area contributed by atoms with Gasteiger partial charge in [0.2, 0.25) is 0 Å². The molecule has 4 atom stereocenters. The van der Waals surface area contributed by atoms with E-state index in [0.29, 0.717) is 5.92 Å². The zero-order chi connectivity index (χ0) is 31.5. The van der Waals surface area contributed by atoms with Crippen LogP contribution in [0.3, 0.4) is 0 Å². The quantitative estimate of drug-likeness (QED) is 0.316. The van der Waals surface area contributed by atoms with Crippen LogP contribution in [0.15, 0.2) is 53.8 Å². The second-order valence-electron chi connectivity index (χ2n) is 14.8. The van der Waals surface area contributed by atoms with Crippen LogP contribution in [0.25, 0.3) is 28.0 Å². The molecular formula is C38H47N5O2. The molecule has 4 heterocycles. The highest BCUT2D eigenvalue weighted by Gasteiger charge is 2.40. The maximum atomic E-state index is 13.1. The van der Waals surface area contributed by atoms with Gasteiger partial charge in [0.05, 0.1) is 17.9 Å². The van der Waals surface area contributed by atoms with Gasteiger partial charge in [-0.2, -0.15) is 0 Å². The Morgan fingerprint density at radius 2 is 1.73 bits per heavy atom. The van der Waals surface area contributed by atoms with Gasteiger partial charge in [0.15, 0.2) is 0 Å². The molecule has 0 unspecified atom stereocenters. The number of hydrogen-bond donors (Lipinski definition) is 1. The van der Waals surface area contributed by atoms with Crippen molar-refractivity contribution in [1.82, 2.24) is 14.9 Å². The van der Waals surface area contributed by atoms with Gasteiger partial charge in [-0.05, 0) is 100.0 Å². The first-order valence-corrected chi connectivity index (χ1v) is 16.9. The molecular weight excluding hydrogens is 558 g/mol. The summed E-state index contributed by atoms with van der Waals surface area (Å²) in [5, 5.41) is 0. The van der Waals surface area contributed by atoms with Crippen molar-refractivity contribution in [2.24, 2.45) is 10.9 Å². The summed E-state index contributed by atoms with van der Waals surface area (Å²) in [5.74, 6) is 2.50. The van der Waals surface area contributed by atoms with E-state index < -0.39 is 5.60 Å². The lowest BCUT2D eigenvalue weighted by Crippen LogP contribution is -2.46. The van der Waals surface area contributed by atoms with Crippen molar-refractivity contribution in [3.8, 4) is 22.4 Å². The van der Waals surface area contributed by atoms with Gasteiger partial charge in [-0.3, -0.25) is 9.89 Å². The van der Waals surface area contributed by atoms with E-state index in [1.165, 1.54) is 58.3 Å².